The van der Waals surface area contributed by atoms with Crippen LogP contribution in [0.15, 0.2) is 30.3 Å². The Labute approximate surface area is 139 Å². The number of carbonyl (C=O) groups excluding carboxylic acids is 1. The Balaban J connectivity index is 2.41. The summed E-state index contributed by atoms with van der Waals surface area (Å²) in [5.41, 5.74) is 0.134. The number of phenols is 1. The maximum atomic E-state index is 12.5. The standard InChI is InChI=1S/C17H18O7/c1-20-11-6-5-7-12(21-2)16(11)24-17(19)10-8-13(22-3)15(18)14(9-10)23-4/h5-9,18H,1-4H3. The first-order valence-electron chi connectivity index (χ1n) is 6.93. The molecule has 0 spiro atoms. The van der Waals surface area contributed by atoms with Crippen molar-refractivity contribution in [2.75, 3.05) is 28.4 Å². The molecule has 128 valence electrons. The van der Waals surface area contributed by atoms with Gasteiger partial charge in [-0.1, -0.05) is 6.07 Å². The molecule has 2 rings (SSSR count). The Kier molecular flexibility index (Phi) is 5.36. The molecule has 0 saturated heterocycles. The van der Waals surface area contributed by atoms with E-state index in [1.807, 2.05) is 0 Å². The highest BCUT2D eigenvalue weighted by Crippen LogP contribution is 2.39. The van der Waals surface area contributed by atoms with Gasteiger partial charge in [-0.05, 0) is 24.3 Å². The van der Waals surface area contributed by atoms with E-state index in [9.17, 15) is 9.90 Å². The molecule has 1 N–H and O–H groups in total. The molecule has 0 aromatic heterocycles. The monoisotopic (exact) mass is 334 g/mol. The van der Waals surface area contributed by atoms with E-state index in [-0.39, 0.29) is 28.6 Å². The molecule has 0 unspecified atom stereocenters. The summed E-state index contributed by atoms with van der Waals surface area (Å²) in [6.45, 7) is 0. The molecule has 2 aromatic carbocycles. The predicted octanol–water partition coefficient (Wildman–Crippen LogP) is 2.65. The maximum Gasteiger partial charge on any atom is 0.344 e. The summed E-state index contributed by atoms with van der Waals surface area (Å²) >= 11 is 0. The number of esters is 1. The van der Waals surface area contributed by atoms with E-state index in [4.69, 9.17) is 23.7 Å². The number of rotatable bonds is 6. The lowest BCUT2D eigenvalue weighted by Gasteiger charge is -2.14. The van der Waals surface area contributed by atoms with Crippen molar-refractivity contribution in [3.8, 4) is 34.5 Å². The number of para-hydroxylation sites is 1. The molecule has 24 heavy (non-hydrogen) atoms. The van der Waals surface area contributed by atoms with Crippen LogP contribution in [0.2, 0.25) is 0 Å². The van der Waals surface area contributed by atoms with E-state index in [1.54, 1.807) is 18.2 Å². The fourth-order valence-electron chi connectivity index (χ4n) is 2.08. The molecule has 0 aliphatic carbocycles. The first-order chi connectivity index (χ1) is 11.5. The van der Waals surface area contributed by atoms with E-state index >= 15 is 0 Å². The second-order valence-corrected chi connectivity index (χ2v) is 4.61. The Morgan fingerprint density at radius 2 is 1.29 bits per heavy atom. The van der Waals surface area contributed by atoms with Crippen LogP contribution in [0.4, 0.5) is 0 Å². The van der Waals surface area contributed by atoms with Gasteiger partial charge in [0.25, 0.3) is 0 Å². The Morgan fingerprint density at radius 1 is 0.833 bits per heavy atom. The van der Waals surface area contributed by atoms with Gasteiger partial charge < -0.3 is 28.8 Å². The molecule has 0 fully saturated rings. The van der Waals surface area contributed by atoms with Crippen LogP contribution in [0.3, 0.4) is 0 Å². The molecule has 0 amide bonds. The third-order valence-corrected chi connectivity index (χ3v) is 3.29. The summed E-state index contributed by atoms with van der Waals surface area (Å²) in [5.74, 6) is 0.140. The van der Waals surface area contributed by atoms with Crippen molar-refractivity contribution in [2.24, 2.45) is 0 Å². The van der Waals surface area contributed by atoms with Gasteiger partial charge in [0, 0.05) is 0 Å². The first-order valence-corrected chi connectivity index (χ1v) is 6.93. The van der Waals surface area contributed by atoms with E-state index in [0.717, 1.165) is 0 Å². The fraction of sp³-hybridized carbons (Fsp3) is 0.235. The number of carbonyl (C=O) groups is 1. The van der Waals surface area contributed by atoms with Crippen LogP contribution in [-0.4, -0.2) is 39.5 Å². The molecule has 0 saturated carbocycles. The number of benzene rings is 2. The average Bonchev–Trinajstić information content (AvgIpc) is 2.61. The fourth-order valence-corrected chi connectivity index (χ4v) is 2.08. The number of aromatic hydroxyl groups is 1. The molecule has 7 nitrogen and oxygen atoms in total. The Morgan fingerprint density at radius 3 is 1.71 bits per heavy atom. The zero-order valence-corrected chi connectivity index (χ0v) is 13.8. The smallest absolute Gasteiger partial charge is 0.344 e. The normalized spacial score (nSPS) is 10.0. The molecule has 2 aromatic rings. The number of hydrogen-bond acceptors (Lipinski definition) is 7. The van der Waals surface area contributed by atoms with Gasteiger partial charge >= 0.3 is 5.97 Å². The van der Waals surface area contributed by atoms with E-state index in [2.05, 4.69) is 0 Å². The molecule has 0 heterocycles. The molecular weight excluding hydrogens is 316 g/mol. The summed E-state index contributed by atoms with van der Waals surface area (Å²) in [4.78, 5) is 12.5. The van der Waals surface area contributed by atoms with Crippen LogP contribution in [-0.2, 0) is 0 Å². The van der Waals surface area contributed by atoms with Gasteiger partial charge in [-0.2, -0.15) is 0 Å². The van der Waals surface area contributed by atoms with Crippen LogP contribution in [0.25, 0.3) is 0 Å². The quantitative estimate of drug-likeness (QED) is 0.642. The summed E-state index contributed by atoms with van der Waals surface area (Å²) in [5, 5.41) is 9.91. The summed E-state index contributed by atoms with van der Waals surface area (Å²) in [6.07, 6.45) is 0. The largest absolute Gasteiger partial charge is 0.502 e. The van der Waals surface area contributed by atoms with Gasteiger partial charge in [0.15, 0.2) is 23.0 Å². The van der Waals surface area contributed by atoms with E-state index < -0.39 is 5.97 Å². The van der Waals surface area contributed by atoms with Crippen molar-refractivity contribution in [3.63, 3.8) is 0 Å². The second kappa shape index (κ2) is 7.45. The lowest BCUT2D eigenvalue weighted by molar-refractivity contribution is 0.0723. The van der Waals surface area contributed by atoms with Crippen molar-refractivity contribution in [2.45, 2.75) is 0 Å². The Bertz CT molecular complexity index is 692. The van der Waals surface area contributed by atoms with Gasteiger partial charge in [-0.15, -0.1) is 0 Å². The van der Waals surface area contributed by atoms with E-state index in [0.29, 0.717) is 11.5 Å². The summed E-state index contributed by atoms with van der Waals surface area (Å²) in [7, 11) is 5.65. The third kappa shape index (κ3) is 3.29. The lowest BCUT2D eigenvalue weighted by atomic mass is 10.2. The molecular formula is C17H18O7. The number of hydrogen-bond donors (Lipinski definition) is 1. The van der Waals surface area contributed by atoms with Crippen molar-refractivity contribution in [1.82, 2.24) is 0 Å². The van der Waals surface area contributed by atoms with Crippen molar-refractivity contribution < 1.29 is 33.6 Å². The van der Waals surface area contributed by atoms with Crippen LogP contribution < -0.4 is 23.7 Å². The van der Waals surface area contributed by atoms with Crippen molar-refractivity contribution in [1.29, 1.82) is 0 Å². The minimum Gasteiger partial charge on any atom is -0.502 e. The molecule has 0 aliphatic rings. The SMILES string of the molecule is COc1cc(C(=O)Oc2c(OC)cccc2OC)cc(OC)c1O. The highest BCUT2D eigenvalue weighted by molar-refractivity contribution is 5.93. The van der Waals surface area contributed by atoms with E-state index in [1.165, 1.54) is 40.6 Å². The zero-order chi connectivity index (χ0) is 17.7. The zero-order valence-electron chi connectivity index (χ0n) is 13.8. The number of ether oxygens (including phenoxy) is 5. The van der Waals surface area contributed by atoms with Gasteiger partial charge in [0.2, 0.25) is 11.5 Å². The minimum absolute atomic E-state index is 0.0910. The Hall–Kier alpha value is -3.09. The lowest BCUT2D eigenvalue weighted by Crippen LogP contribution is -2.10. The second-order valence-electron chi connectivity index (χ2n) is 4.61. The van der Waals surface area contributed by atoms with Crippen LogP contribution >= 0.6 is 0 Å². The van der Waals surface area contributed by atoms with Crippen LogP contribution in [0.5, 0.6) is 34.5 Å². The average molecular weight is 334 g/mol. The molecule has 0 bridgehead atoms. The first kappa shape index (κ1) is 17.3. The minimum atomic E-state index is -0.686. The van der Waals surface area contributed by atoms with Crippen molar-refractivity contribution in [3.05, 3.63) is 35.9 Å². The summed E-state index contributed by atoms with van der Waals surface area (Å²) in [6, 6.07) is 7.69. The number of phenolic OH excluding ortho intramolecular Hbond substituents is 1. The van der Waals surface area contributed by atoms with Gasteiger partial charge in [-0.25, -0.2) is 4.79 Å². The van der Waals surface area contributed by atoms with Gasteiger partial charge in [0.05, 0.1) is 34.0 Å². The van der Waals surface area contributed by atoms with Gasteiger partial charge in [0.1, 0.15) is 0 Å². The van der Waals surface area contributed by atoms with Crippen LogP contribution in [0, 0.1) is 0 Å². The molecule has 0 atom stereocenters. The van der Waals surface area contributed by atoms with Gasteiger partial charge in [-0.3, -0.25) is 0 Å². The predicted molar refractivity (Wildman–Crippen MR) is 85.7 cm³/mol. The highest BCUT2D eigenvalue weighted by atomic mass is 16.6. The third-order valence-electron chi connectivity index (χ3n) is 3.29. The molecule has 0 aliphatic heterocycles. The molecule has 0 radical (unpaired) electrons. The molecule has 7 heteroatoms. The summed E-state index contributed by atoms with van der Waals surface area (Å²) < 4.78 is 25.8. The highest BCUT2D eigenvalue weighted by Gasteiger charge is 2.20. The maximum absolute atomic E-state index is 12.5. The van der Waals surface area contributed by atoms with Crippen molar-refractivity contribution >= 4 is 5.97 Å². The topological polar surface area (TPSA) is 83.5 Å². The number of methoxy groups -OCH3 is 4. The van der Waals surface area contributed by atoms with Crippen LogP contribution in [0.1, 0.15) is 10.4 Å².